The Labute approximate surface area is 275 Å². The molecule has 9 rings (SSSR count). The fourth-order valence-electron chi connectivity index (χ4n) is 7.10. The fraction of sp³-hybridized carbons (Fsp3) is 0.0667. The third-order valence-electron chi connectivity index (χ3n) is 9.23. The smallest absolute Gasteiger partial charge is 0.0545 e. The van der Waals surface area contributed by atoms with Crippen LogP contribution in [0.4, 0.5) is 0 Å². The van der Waals surface area contributed by atoms with Crippen LogP contribution in [0.3, 0.4) is 0 Å². The molecule has 2 heteroatoms. The van der Waals surface area contributed by atoms with Crippen molar-refractivity contribution < 1.29 is 0 Å². The molecule has 0 radical (unpaired) electrons. The van der Waals surface area contributed by atoms with E-state index >= 15 is 0 Å². The summed E-state index contributed by atoms with van der Waals surface area (Å²) in [6.45, 7) is 6.21. The quantitative estimate of drug-likeness (QED) is 0.206. The average molecular weight is 605 g/mol. The second kappa shape index (κ2) is 11.8. The van der Waals surface area contributed by atoms with E-state index in [1.54, 1.807) is 0 Å². The van der Waals surface area contributed by atoms with Crippen molar-refractivity contribution in [3.63, 3.8) is 0 Å². The number of aromatic nitrogens is 2. The van der Waals surface area contributed by atoms with E-state index in [1.807, 2.05) is 13.8 Å². The lowest BCUT2D eigenvalue weighted by Crippen LogP contribution is -1.92. The molecule has 0 unspecified atom stereocenters. The molecule has 0 bridgehead atoms. The van der Waals surface area contributed by atoms with Crippen LogP contribution in [0, 0.1) is 6.92 Å². The first-order valence-electron chi connectivity index (χ1n) is 16.5. The Hall–Kier alpha value is -5.86. The molecule has 226 valence electrons. The highest BCUT2D eigenvalue weighted by molar-refractivity contribution is 6.16. The SMILES string of the molecule is CC.Cc1cc(-c2ccccc2)cc2c1[nH]c1c(-c3ccc4c(c3)c3ccccc3n4-c3ccccc3)cc(-c3ccccc3)cc12. The van der Waals surface area contributed by atoms with Gasteiger partial charge in [-0.2, -0.15) is 0 Å². The number of para-hydroxylation sites is 2. The molecule has 0 aliphatic heterocycles. The number of benzene rings is 7. The van der Waals surface area contributed by atoms with Crippen LogP contribution < -0.4 is 0 Å². The van der Waals surface area contributed by atoms with Crippen molar-refractivity contribution in [3.05, 3.63) is 163 Å². The van der Waals surface area contributed by atoms with Gasteiger partial charge < -0.3 is 9.55 Å². The first-order valence-corrected chi connectivity index (χ1v) is 16.5. The molecule has 2 aromatic heterocycles. The number of aryl methyl sites for hydroxylation is 1. The summed E-state index contributed by atoms with van der Waals surface area (Å²) in [7, 11) is 0. The van der Waals surface area contributed by atoms with E-state index in [0.717, 1.165) is 0 Å². The summed E-state index contributed by atoms with van der Waals surface area (Å²) in [6, 6.07) is 57.2. The Balaban J connectivity index is 0.00000159. The molecule has 0 amide bonds. The van der Waals surface area contributed by atoms with E-state index in [2.05, 4.69) is 174 Å². The van der Waals surface area contributed by atoms with Gasteiger partial charge in [0.05, 0.1) is 16.6 Å². The first kappa shape index (κ1) is 28.6. The number of hydrogen-bond acceptors (Lipinski definition) is 0. The molecule has 0 fully saturated rings. The molecule has 0 spiro atoms. The van der Waals surface area contributed by atoms with Gasteiger partial charge in [0.15, 0.2) is 0 Å². The molecule has 0 atom stereocenters. The van der Waals surface area contributed by atoms with Gasteiger partial charge in [-0.25, -0.2) is 0 Å². The van der Waals surface area contributed by atoms with Crippen LogP contribution in [0.5, 0.6) is 0 Å². The number of nitrogens with one attached hydrogen (secondary N) is 1. The molecular formula is C45H36N2. The monoisotopic (exact) mass is 604 g/mol. The summed E-state index contributed by atoms with van der Waals surface area (Å²) in [4.78, 5) is 3.88. The van der Waals surface area contributed by atoms with Crippen molar-refractivity contribution >= 4 is 43.6 Å². The van der Waals surface area contributed by atoms with E-state index < -0.39 is 0 Å². The maximum atomic E-state index is 3.88. The zero-order chi connectivity index (χ0) is 31.9. The second-order valence-corrected chi connectivity index (χ2v) is 11.9. The largest absolute Gasteiger partial charge is 0.354 e. The van der Waals surface area contributed by atoms with Crippen molar-refractivity contribution in [2.75, 3.05) is 0 Å². The normalized spacial score (nSPS) is 11.3. The number of H-pyrrole nitrogens is 1. The van der Waals surface area contributed by atoms with Crippen LogP contribution in [-0.4, -0.2) is 9.55 Å². The first-order chi connectivity index (χ1) is 23.2. The zero-order valence-corrected chi connectivity index (χ0v) is 27.0. The number of nitrogens with zero attached hydrogens (tertiary/aromatic N) is 1. The highest BCUT2D eigenvalue weighted by Gasteiger charge is 2.18. The molecule has 2 nitrogen and oxygen atoms in total. The second-order valence-electron chi connectivity index (χ2n) is 11.9. The topological polar surface area (TPSA) is 20.7 Å². The lowest BCUT2D eigenvalue weighted by atomic mass is 9.94. The molecule has 7 aromatic carbocycles. The van der Waals surface area contributed by atoms with Gasteiger partial charge in [-0.05, 0) is 94.9 Å². The average Bonchev–Trinajstić information content (AvgIpc) is 3.69. The summed E-state index contributed by atoms with van der Waals surface area (Å²) >= 11 is 0. The summed E-state index contributed by atoms with van der Waals surface area (Å²) in [5.41, 5.74) is 14.5. The van der Waals surface area contributed by atoms with Crippen molar-refractivity contribution in [2.24, 2.45) is 0 Å². The number of rotatable bonds is 4. The van der Waals surface area contributed by atoms with Gasteiger partial charge in [0.25, 0.3) is 0 Å². The van der Waals surface area contributed by atoms with E-state index in [0.29, 0.717) is 0 Å². The van der Waals surface area contributed by atoms with E-state index in [-0.39, 0.29) is 0 Å². The summed E-state index contributed by atoms with van der Waals surface area (Å²) in [5, 5.41) is 5.01. The van der Waals surface area contributed by atoms with Gasteiger partial charge in [-0.3, -0.25) is 0 Å². The van der Waals surface area contributed by atoms with Crippen LogP contribution >= 0.6 is 0 Å². The Bertz CT molecular complexity index is 2520. The van der Waals surface area contributed by atoms with E-state index in [9.17, 15) is 0 Å². The molecule has 0 saturated heterocycles. The third-order valence-corrected chi connectivity index (χ3v) is 9.23. The molecule has 0 aliphatic rings. The van der Waals surface area contributed by atoms with Crippen LogP contribution in [-0.2, 0) is 0 Å². The molecule has 0 aliphatic carbocycles. The van der Waals surface area contributed by atoms with Crippen LogP contribution in [0.15, 0.2) is 158 Å². The summed E-state index contributed by atoms with van der Waals surface area (Å²) in [6.07, 6.45) is 0. The minimum Gasteiger partial charge on any atom is -0.354 e. The van der Waals surface area contributed by atoms with Gasteiger partial charge in [0.1, 0.15) is 0 Å². The molecule has 1 N–H and O–H groups in total. The Kier molecular flexibility index (Phi) is 7.19. The standard InChI is InChI=1S/C43H30N2.C2H6/c1-28-23-32(29-13-5-2-6-14-29)26-38-39-27-33(30-15-7-3-8-16-30)25-36(43(39)44-42(28)38)31-21-22-41-37(24-31)35-19-11-12-20-40(35)45(41)34-17-9-4-10-18-34;1-2/h2-27,44H,1H3;1-2H3. The maximum Gasteiger partial charge on any atom is 0.0545 e. The lowest BCUT2D eigenvalue weighted by molar-refractivity contribution is 1.18. The predicted octanol–water partition coefficient (Wildman–Crippen LogP) is 12.8. The summed E-state index contributed by atoms with van der Waals surface area (Å²) < 4.78 is 2.38. The van der Waals surface area contributed by atoms with Crippen molar-refractivity contribution in [3.8, 4) is 39.1 Å². The minimum atomic E-state index is 1.17. The molecule has 2 heterocycles. The van der Waals surface area contributed by atoms with Crippen LogP contribution in [0.2, 0.25) is 0 Å². The van der Waals surface area contributed by atoms with Crippen LogP contribution in [0.25, 0.3) is 82.7 Å². The van der Waals surface area contributed by atoms with Gasteiger partial charge in [-0.15, -0.1) is 0 Å². The Morgan fingerprint density at radius 1 is 0.404 bits per heavy atom. The van der Waals surface area contributed by atoms with Gasteiger partial charge in [0, 0.05) is 38.3 Å². The van der Waals surface area contributed by atoms with E-state index in [1.165, 1.54) is 88.2 Å². The van der Waals surface area contributed by atoms with Crippen molar-refractivity contribution in [1.29, 1.82) is 0 Å². The molecule has 47 heavy (non-hydrogen) atoms. The highest BCUT2D eigenvalue weighted by atomic mass is 15.0. The van der Waals surface area contributed by atoms with Gasteiger partial charge >= 0.3 is 0 Å². The maximum absolute atomic E-state index is 3.88. The number of hydrogen-bond donors (Lipinski definition) is 1. The molecule has 0 saturated carbocycles. The van der Waals surface area contributed by atoms with Crippen molar-refractivity contribution in [1.82, 2.24) is 9.55 Å². The van der Waals surface area contributed by atoms with E-state index in [4.69, 9.17) is 0 Å². The lowest BCUT2D eigenvalue weighted by Gasteiger charge is -2.11. The van der Waals surface area contributed by atoms with Gasteiger partial charge in [0.2, 0.25) is 0 Å². The molecular weight excluding hydrogens is 569 g/mol. The zero-order valence-electron chi connectivity index (χ0n) is 27.0. The number of aromatic amines is 1. The Morgan fingerprint density at radius 3 is 1.62 bits per heavy atom. The predicted molar refractivity (Wildman–Crippen MR) is 203 cm³/mol. The minimum absolute atomic E-state index is 1.17. The van der Waals surface area contributed by atoms with Gasteiger partial charge in [-0.1, -0.05) is 117 Å². The highest BCUT2D eigenvalue weighted by Crippen LogP contribution is 2.42. The molecule has 9 aromatic rings. The Morgan fingerprint density at radius 2 is 0.936 bits per heavy atom. The summed E-state index contributed by atoms with van der Waals surface area (Å²) in [5.74, 6) is 0. The van der Waals surface area contributed by atoms with Crippen molar-refractivity contribution in [2.45, 2.75) is 20.8 Å². The van der Waals surface area contributed by atoms with Crippen LogP contribution in [0.1, 0.15) is 19.4 Å². The fourth-order valence-corrected chi connectivity index (χ4v) is 7.10. The number of fused-ring (bicyclic) bond motifs is 6. The third kappa shape index (κ3) is 4.81.